The summed E-state index contributed by atoms with van der Waals surface area (Å²) >= 11 is 5.73. The first kappa shape index (κ1) is 10.8. The summed E-state index contributed by atoms with van der Waals surface area (Å²) in [6, 6.07) is 0. The summed E-state index contributed by atoms with van der Waals surface area (Å²) in [5, 5.41) is 17.6. The summed E-state index contributed by atoms with van der Waals surface area (Å²) in [6.07, 6.45) is 2.54. The minimum absolute atomic E-state index is 0.0462. The van der Waals surface area contributed by atoms with E-state index in [0.717, 1.165) is 0 Å². The molecule has 0 saturated carbocycles. The molecule has 5 heteroatoms. The van der Waals surface area contributed by atoms with E-state index < -0.39 is 16.8 Å². The number of rotatable bonds is 2. The first-order valence-corrected chi connectivity index (χ1v) is 4.29. The molecule has 0 heterocycles. The lowest BCUT2D eigenvalue weighted by Crippen LogP contribution is -2.33. The fourth-order valence-corrected chi connectivity index (χ4v) is 1.40. The molecule has 14 heavy (non-hydrogen) atoms. The van der Waals surface area contributed by atoms with E-state index in [1.807, 2.05) is 0 Å². The number of alkyl halides is 1. The number of hydrogen-bond donors (Lipinski definition) is 2. The highest BCUT2D eigenvalue weighted by Crippen LogP contribution is 2.32. The standard InChI is InChI=1S/C9H9ClO4/c1-5-2-3-9(10,8(13)14)4-6(5)7(11)12/h2-3H,4H2,1H3,(H,11,12)(H,13,14). The van der Waals surface area contributed by atoms with Gasteiger partial charge in [0.15, 0.2) is 4.87 Å². The molecule has 0 saturated heterocycles. The van der Waals surface area contributed by atoms with Gasteiger partial charge in [0.1, 0.15) is 0 Å². The van der Waals surface area contributed by atoms with Crippen LogP contribution >= 0.6 is 11.6 Å². The van der Waals surface area contributed by atoms with Crippen LogP contribution in [0.5, 0.6) is 0 Å². The Morgan fingerprint density at radius 1 is 1.50 bits per heavy atom. The lowest BCUT2D eigenvalue weighted by atomic mass is 9.89. The van der Waals surface area contributed by atoms with Crippen molar-refractivity contribution in [2.45, 2.75) is 18.2 Å². The van der Waals surface area contributed by atoms with Crippen LogP contribution < -0.4 is 0 Å². The van der Waals surface area contributed by atoms with Crippen molar-refractivity contribution in [3.05, 3.63) is 23.3 Å². The van der Waals surface area contributed by atoms with Gasteiger partial charge in [-0.1, -0.05) is 12.2 Å². The van der Waals surface area contributed by atoms with Gasteiger partial charge in [0, 0.05) is 12.0 Å². The van der Waals surface area contributed by atoms with Crippen molar-refractivity contribution >= 4 is 23.5 Å². The van der Waals surface area contributed by atoms with Crippen molar-refractivity contribution in [1.82, 2.24) is 0 Å². The van der Waals surface area contributed by atoms with Crippen LogP contribution in [0.15, 0.2) is 23.3 Å². The summed E-state index contributed by atoms with van der Waals surface area (Å²) in [5.41, 5.74) is 0.583. The van der Waals surface area contributed by atoms with Crippen LogP contribution in [0.2, 0.25) is 0 Å². The van der Waals surface area contributed by atoms with Crippen molar-refractivity contribution in [3.63, 3.8) is 0 Å². The second-order valence-electron chi connectivity index (χ2n) is 3.14. The van der Waals surface area contributed by atoms with Crippen LogP contribution in [0.25, 0.3) is 0 Å². The van der Waals surface area contributed by atoms with Crippen LogP contribution in [0.1, 0.15) is 13.3 Å². The molecule has 76 valence electrons. The molecule has 0 radical (unpaired) electrons. The van der Waals surface area contributed by atoms with Gasteiger partial charge in [-0.15, -0.1) is 11.6 Å². The fraction of sp³-hybridized carbons (Fsp3) is 0.333. The average Bonchev–Trinajstić information content (AvgIpc) is 2.09. The zero-order chi connectivity index (χ0) is 10.9. The average molecular weight is 217 g/mol. The van der Waals surface area contributed by atoms with Crippen molar-refractivity contribution in [2.24, 2.45) is 0 Å². The summed E-state index contributed by atoms with van der Waals surface area (Å²) in [5.74, 6) is -2.36. The summed E-state index contributed by atoms with van der Waals surface area (Å²) < 4.78 is 0. The number of hydrogen-bond acceptors (Lipinski definition) is 2. The predicted octanol–water partition coefficient (Wildman–Crippen LogP) is 1.41. The zero-order valence-electron chi connectivity index (χ0n) is 7.45. The Hall–Kier alpha value is -1.29. The van der Waals surface area contributed by atoms with Gasteiger partial charge in [0.25, 0.3) is 0 Å². The van der Waals surface area contributed by atoms with Crippen molar-refractivity contribution in [1.29, 1.82) is 0 Å². The first-order chi connectivity index (χ1) is 6.37. The molecule has 1 atom stereocenters. The van der Waals surface area contributed by atoms with Crippen molar-refractivity contribution in [3.8, 4) is 0 Å². The molecule has 4 nitrogen and oxygen atoms in total. The van der Waals surface area contributed by atoms with Crippen LogP contribution in [-0.4, -0.2) is 27.0 Å². The van der Waals surface area contributed by atoms with E-state index in [2.05, 4.69) is 0 Å². The van der Waals surface area contributed by atoms with Gasteiger partial charge in [-0.25, -0.2) is 9.59 Å². The fourth-order valence-electron chi connectivity index (χ4n) is 1.20. The van der Waals surface area contributed by atoms with Gasteiger partial charge in [-0.3, -0.25) is 0 Å². The van der Waals surface area contributed by atoms with Gasteiger partial charge in [-0.05, 0) is 12.5 Å². The summed E-state index contributed by atoms with van der Waals surface area (Å²) in [7, 11) is 0. The molecule has 0 spiro atoms. The van der Waals surface area contributed by atoms with E-state index >= 15 is 0 Å². The maximum absolute atomic E-state index is 10.8. The molecule has 0 aromatic rings. The summed E-state index contributed by atoms with van der Waals surface area (Å²) in [6.45, 7) is 1.61. The quantitative estimate of drug-likeness (QED) is 0.685. The Morgan fingerprint density at radius 3 is 2.50 bits per heavy atom. The van der Waals surface area contributed by atoms with Gasteiger partial charge < -0.3 is 10.2 Å². The normalized spacial score (nSPS) is 26.4. The smallest absolute Gasteiger partial charge is 0.331 e. The molecule has 0 amide bonds. The second-order valence-corrected chi connectivity index (χ2v) is 3.82. The molecule has 0 aromatic heterocycles. The molecule has 1 aliphatic rings. The minimum Gasteiger partial charge on any atom is -0.480 e. The molecule has 1 aliphatic carbocycles. The highest BCUT2D eigenvalue weighted by Gasteiger charge is 2.38. The van der Waals surface area contributed by atoms with Crippen LogP contribution in [-0.2, 0) is 9.59 Å². The highest BCUT2D eigenvalue weighted by atomic mass is 35.5. The minimum atomic E-state index is -1.62. The maximum atomic E-state index is 10.8. The third-order valence-electron chi connectivity index (χ3n) is 2.12. The Balaban J connectivity index is 3.07. The van der Waals surface area contributed by atoms with E-state index in [1.165, 1.54) is 12.2 Å². The van der Waals surface area contributed by atoms with Crippen LogP contribution in [0.3, 0.4) is 0 Å². The third kappa shape index (κ3) is 1.80. The van der Waals surface area contributed by atoms with Gasteiger partial charge >= 0.3 is 11.9 Å². The number of aliphatic carboxylic acids is 2. The van der Waals surface area contributed by atoms with Crippen LogP contribution in [0, 0.1) is 0 Å². The maximum Gasteiger partial charge on any atom is 0.331 e. The Morgan fingerprint density at radius 2 is 2.07 bits per heavy atom. The number of allylic oxidation sites excluding steroid dienone is 2. The van der Waals surface area contributed by atoms with E-state index in [-0.39, 0.29) is 12.0 Å². The molecule has 2 N–H and O–H groups in total. The molecule has 0 aliphatic heterocycles. The number of halogens is 1. The first-order valence-electron chi connectivity index (χ1n) is 3.91. The SMILES string of the molecule is CC1=C(C(=O)O)CC(Cl)(C(=O)O)C=C1. The van der Waals surface area contributed by atoms with Crippen LogP contribution in [0.4, 0.5) is 0 Å². The molecular formula is C9H9ClO4. The van der Waals surface area contributed by atoms with E-state index in [4.69, 9.17) is 21.8 Å². The molecule has 1 rings (SSSR count). The molecular weight excluding hydrogens is 208 g/mol. The Kier molecular flexibility index (Phi) is 2.66. The Bertz CT molecular complexity index is 356. The van der Waals surface area contributed by atoms with E-state index in [0.29, 0.717) is 5.57 Å². The molecule has 0 aromatic carbocycles. The van der Waals surface area contributed by atoms with Crippen molar-refractivity contribution < 1.29 is 19.8 Å². The third-order valence-corrected chi connectivity index (χ3v) is 2.54. The Labute approximate surface area is 85.5 Å². The van der Waals surface area contributed by atoms with Crippen molar-refractivity contribution in [2.75, 3.05) is 0 Å². The number of carboxylic acids is 2. The largest absolute Gasteiger partial charge is 0.480 e. The molecule has 0 bridgehead atoms. The second kappa shape index (κ2) is 3.46. The van der Waals surface area contributed by atoms with Gasteiger partial charge in [-0.2, -0.15) is 0 Å². The zero-order valence-corrected chi connectivity index (χ0v) is 8.21. The lowest BCUT2D eigenvalue weighted by Gasteiger charge is -2.22. The van der Waals surface area contributed by atoms with E-state index in [1.54, 1.807) is 6.92 Å². The molecule has 0 fully saturated rings. The topological polar surface area (TPSA) is 74.6 Å². The highest BCUT2D eigenvalue weighted by molar-refractivity contribution is 6.36. The summed E-state index contributed by atoms with van der Waals surface area (Å²) in [4.78, 5) is 19.9. The van der Waals surface area contributed by atoms with E-state index in [9.17, 15) is 9.59 Å². The number of carboxylic acid groups (broad SMARTS) is 2. The molecule has 1 unspecified atom stereocenters. The monoisotopic (exact) mass is 216 g/mol. The number of carbonyl (C=O) groups is 2. The predicted molar refractivity (Wildman–Crippen MR) is 50.3 cm³/mol. The van der Waals surface area contributed by atoms with Gasteiger partial charge in [0.2, 0.25) is 0 Å². The lowest BCUT2D eigenvalue weighted by molar-refractivity contribution is -0.139. The van der Waals surface area contributed by atoms with Gasteiger partial charge in [0.05, 0.1) is 0 Å².